The highest BCUT2D eigenvalue weighted by molar-refractivity contribution is 6.09. The molecule has 5 aliphatic rings. The second kappa shape index (κ2) is 5.87. The first-order chi connectivity index (χ1) is 13.4. The van der Waals surface area contributed by atoms with Gasteiger partial charge in [-0.2, -0.15) is 0 Å². The molecule has 0 N–H and O–H groups in total. The van der Waals surface area contributed by atoms with Gasteiger partial charge in [-0.1, -0.05) is 24.3 Å². The van der Waals surface area contributed by atoms with Gasteiger partial charge in [0.2, 0.25) is 11.8 Å². The fraction of sp³-hybridized carbons (Fsp3) is 0.455. The molecule has 0 spiro atoms. The van der Waals surface area contributed by atoms with Gasteiger partial charge in [-0.05, 0) is 56.1 Å². The SMILES string of the molecule is CC(=O)c1ccccc1OC(=O)[C@H](C)N1C(=O)[C@@H]2[C@H]3C=C[C@@H]([C@@H]4C[C@@H]34)[C@H]2C1=O. The molecule has 3 fully saturated rings. The van der Waals surface area contributed by atoms with E-state index in [0.29, 0.717) is 11.8 Å². The molecule has 28 heavy (non-hydrogen) atoms. The molecule has 2 amide bonds. The molecular formula is C22H21NO5. The third kappa shape index (κ3) is 2.26. The van der Waals surface area contributed by atoms with E-state index in [1.807, 2.05) is 0 Å². The molecular weight excluding hydrogens is 358 g/mol. The molecule has 0 radical (unpaired) electrons. The zero-order valence-electron chi connectivity index (χ0n) is 15.7. The van der Waals surface area contributed by atoms with E-state index in [0.717, 1.165) is 11.3 Å². The van der Waals surface area contributed by atoms with E-state index in [-0.39, 0.29) is 52.6 Å². The molecule has 6 nitrogen and oxygen atoms in total. The number of benzene rings is 1. The number of imide groups is 1. The van der Waals surface area contributed by atoms with Crippen molar-refractivity contribution in [3.63, 3.8) is 0 Å². The molecule has 6 rings (SSSR count). The van der Waals surface area contributed by atoms with E-state index >= 15 is 0 Å². The smallest absolute Gasteiger partial charge is 0.334 e. The molecule has 1 heterocycles. The van der Waals surface area contributed by atoms with Crippen molar-refractivity contribution in [1.82, 2.24) is 4.90 Å². The largest absolute Gasteiger partial charge is 0.424 e. The summed E-state index contributed by atoms with van der Waals surface area (Å²) >= 11 is 0. The van der Waals surface area contributed by atoms with Gasteiger partial charge in [-0.3, -0.25) is 19.3 Å². The van der Waals surface area contributed by atoms with E-state index in [2.05, 4.69) is 12.2 Å². The summed E-state index contributed by atoms with van der Waals surface area (Å²) < 4.78 is 5.41. The van der Waals surface area contributed by atoms with E-state index in [9.17, 15) is 19.2 Å². The Hall–Kier alpha value is -2.76. The number of allylic oxidation sites excluding steroid dienone is 2. The molecule has 6 heteroatoms. The van der Waals surface area contributed by atoms with Crippen LogP contribution < -0.4 is 4.74 Å². The summed E-state index contributed by atoms with van der Waals surface area (Å²) in [5.74, 6) is -0.741. The van der Waals surface area contributed by atoms with Crippen LogP contribution >= 0.6 is 0 Å². The summed E-state index contributed by atoms with van der Waals surface area (Å²) in [7, 11) is 0. The Kier molecular flexibility index (Phi) is 3.63. The Labute approximate surface area is 162 Å². The second-order valence-electron chi connectivity index (χ2n) is 8.35. The van der Waals surface area contributed by atoms with Crippen LogP contribution in [0.25, 0.3) is 0 Å². The number of hydrogen-bond donors (Lipinski definition) is 0. The molecule has 1 aromatic rings. The minimum atomic E-state index is -1.03. The summed E-state index contributed by atoms with van der Waals surface area (Å²) in [6.45, 7) is 2.91. The number of amides is 2. The highest BCUT2D eigenvalue weighted by atomic mass is 16.5. The zero-order valence-corrected chi connectivity index (χ0v) is 15.7. The predicted molar refractivity (Wildman–Crippen MR) is 98.1 cm³/mol. The van der Waals surface area contributed by atoms with Gasteiger partial charge in [-0.15, -0.1) is 0 Å². The average Bonchev–Trinajstić information content (AvgIpc) is 3.45. The Bertz CT molecular complexity index is 914. The number of hydrogen-bond acceptors (Lipinski definition) is 5. The summed E-state index contributed by atoms with van der Waals surface area (Å²) in [6, 6.07) is 5.43. The molecule has 1 saturated heterocycles. The monoisotopic (exact) mass is 379 g/mol. The molecule has 2 bridgehead atoms. The Morgan fingerprint density at radius 3 is 2.18 bits per heavy atom. The number of Topliss-reactive ketones (excluding diaryl/α,β-unsaturated/α-hetero) is 1. The number of ketones is 1. The van der Waals surface area contributed by atoms with Crippen LogP contribution in [0.15, 0.2) is 36.4 Å². The van der Waals surface area contributed by atoms with E-state index in [4.69, 9.17) is 4.74 Å². The van der Waals surface area contributed by atoms with Gasteiger partial charge in [0.25, 0.3) is 0 Å². The summed E-state index contributed by atoms with van der Waals surface area (Å²) in [5, 5.41) is 0. The lowest BCUT2D eigenvalue weighted by Gasteiger charge is -2.37. The minimum absolute atomic E-state index is 0.114. The first-order valence-electron chi connectivity index (χ1n) is 9.77. The fourth-order valence-electron chi connectivity index (χ4n) is 5.51. The van der Waals surface area contributed by atoms with Gasteiger partial charge in [-0.25, -0.2) is 4.79 Å². The number of rotatable bonds is 4. The third-order valence-corrected chi connectivity index (χ3v) is 6.90. The number of likely N-dealkylation sites (tertiary alicyclic amines) is 1. The maximum absolute atomic E-state index is 13.1. The van der Waals surface area contributed by atoms with Crippen LogP contribution in [0, 0.1) is 35.5 Å². The minimum Gasteiger partial charge on any atom is -0.424 e. The van der Waals surface area contributed by atoms with Crippen LogP contribution in [0.5, 0.6) is 5.75 Å². The average molecular weight is 379 g/mol. The number of carbonyl (C=O) groups is 4. The van der Waals surface area contributed by atoms with E-state index in [1.165, 1.54) is 19.9 Å². The fourth-order valence-corrected chi connectivity index (χ4v) is 5.51. The van der Waals surface area contributed by atoms with Crippen molar-refractivity contribution in [1.29, 1.82) is 0 Å². The van der Waals surface area contributed by atoms with Crippen LogP contribution in [0.2, 0.25) is 0 Å². The van der Waals surface area contributed by atoms with Crippen LogP contribution in [-0.2, 0) is 14.4 Å². The Balaban J connectivity index is 1.38. The highest BCUT2D eigenvalue weighted by Gasteiger charge is 2.67. The van der Waals surface area contributed by atoms with Crippen molar-refractivity contribution in [2.45, 2.75) is 26.3 Å². The van der Waals surface area contributed by atoms with Crippen molar-refractivity contribution in [2.75, 3.05) is 0 Å². The summed E-state index contributed by atoms with van der Waals surface area (Å²) in [6.07, 6.45) is 5.29. The number of nitrogens with zero attached hydrogens (tertiary/aromatic N) is 1. The molecule has 7 atom stereocenters. The van der Waals surface area contributed by atoms with Crippen LogP contribution in [0.3, 0.4) is 0 Å². The standard InChI is InChI=1S/C22H21NO5/c1-10(22(27)28-17-6-4-3-5-12(17)11(2)24)23-20(25)18-13-7-8-14(16-9-15(13)16)19(18)21(23)26/h3-8,10,13-16,18-19H,9H2,1-2H3/t10-,13-,14-,15-,16-,18+,19+/m0/s1. The van der Waals surface area contributed by atoms with Crippen molar-refractivity contribution >= 4 is 23.6 Å². The van der Waals surface area contributed by atoms with Crippen molar-refractivity contribution in [2.24, 2.45) is 35.5 Å². The van der Waals surface area contributed by atoms with Gasteiger partial charge in [0.05, 0.1) is 17.4 Å². The summed E-state index contributed by atoms with van der Waals surface area (Å²) in [4.78, 5) is 51.7. The first kappa shape index (κ1) is 17.3. The Morgan fingerprint density at radius 2 is 1.61 bits per heavy atom. The summed E-state index contributed by atoms with van der Waals surface area (Å²) in [5.41, 5.74) is 0.290. The third-order valence-electron chi connectivity index (χ3n) is 6.90. The number of para-hydroxylation sites is 1. The lowest BCUT2D eigenvalue weighted by atomic mass is 9.63. The lowest BCUT2D eigenvalue weighted by molar-refractivity contribution is -0.152. The van der Waals surface area contributed by atoms with Gasteiger partial charge >= 0.3 is 5.97 Å². The second-order valence-corrected chi connectivity index (χ2v) is 8.35. The zero-order chi connectivity index (χ0) is 19.7. The topological polar surface area (TPSA) is 80.8 Å². The first-order valence-corrected chi connectivity index (χ1v) is 9.77. The molecule has 2 saturated carbocycles. The number of esters is 1. The molecule has 144 valence electrons. The number of ether oxygens (including phenoxy) is 1. The van der Waals surface area contributed by atoms with Gasteiger partial charge < -0.3 is 4.74 Å². The van der Waals surface area contributed by atoms with Crippen molar-refractivity contribution in [3.8, 4) is 5.75 Å². The van der Waals surface area contributed by atoms with Gasteiger partial charge in [0.1, 0.15) is 11.8 Å². The normalized spacial score (nSPS) is 35.4. The van der Waals surface area contributed by atoms with Crippen molar-refractivity contribution in [3.05, 3.63) is 42.0 Å². The molecule has 1 aromatic carbocycles. The van der Waals surface area contributed by atoms with Crippen molar-refractivity contribution < 1.29 is 23.9 Å². The van der Waals surface area contributed by atoms with E-state index in [1.54, 1.807) is 18.2 Å². The quantitative estimate of drug-likeness (QED) is 0.263. The maximum atomic E-state index is 13.1. The van der Waals surface area contributed by atoms with Crippen LogP contribution in [-0.4, -0.2) is 34.5 Å². The molecule has 1 aliphatic heterocycles. The van der Waals surface area contributed by atoms with Crippen LogP contribution in [0.4, 0.5) is 0 Å². The molecule has 0 unspecified atom stereocenters. The van der Waals surface area contributed by atoms with E-state index < -0.39 is 12.0 Å². The van der Waals surface area contributed by atoms with Gasteiger partial charge in [0.15, 0.2) is 5.78 Å². The molecule has 4 aliphatic carbocycles. The van der Waals surface area contributed by atoms with Crippen LogP contribution in [0.1, 0.15) is 30.6 Å². The van der Waals surface area contributed by atoms with Gasteiger partial charge in [0, 0.05) is 0 Å². The molecule has 0 aromatic heterocycles. The Morgan fingerprint density at radius 1 is 1.04 bits per heavy atom. The lowest BCUT2D eigenvalue weighted by Crippen LogP contribution is -2.45. The number of carbonyl (C=O) groups excluding carboxylic acids is 4. The predicted octanol–water partition coefficient (Wildman–Crippen LogP) is 2.24. The maximum Gasteiger partial charge on any atom is 0.334 e. The highest BCUT2D eigenvalue weighted by Crippen LogP contribution is 2.65.